The molecule has 0 unspecified atom stereocenters. The maximum absolute atomic E-state index is 11.5. The minimum absolute atomic E-state index is 0. The second-order valence-corrected chi connectivity index (χ2v) is 1.03. The first-order chi connectivity index (χ1) is 2.77. The standard InChI is InChI=1S/C4H8FN.3ClH/c1-4(5)2-3-6;;;/h2H,3,6H2,1H3;3*1H/b4-2-;;;. The Hall–Kier alpha value is 0.500. The smallest absolute Gasteiger partial charge is 0.0941 e. The Morgan fingerprint density at radius 2 is 1.78 bits per heavy atom. The Kier molecular flexibility index (Phi) is 39.8. The highest BCUT2D eigenvalue weighted by atomic mass is 35.5. The van der Waals surface area contributed by atoms with Crippen LogP contribution in [0.15, 0.2) is 11.9 Å². The normalized spacial score (nSPS) is 8.11. The number of hydrogen-bond acceptors (Lipinski definition) is 1. The molecule has 0 saturated heterocycles. The Bertz CT molecular complexity index is 62.8. The zero-order chi connectivity index (χ0) is 4.99. The van der Waals surface area contributed by atoms with Crippen molar-refractivity contribution in [1.29, 1.82) is 0 Å². The van der Waals surface area contributed by atoms with E-state index in [2.05, 4.69) is 0 Å². The summed E-state index contributed by atoms with van der Waals surface area (Å²) in [5, 5.41) is 0. The molecule has 0 radical (unpaired) electrons. The third-order valence-corrected chi connectivity index (χ3v) is 0.399. The van der Waals surface area contributed by atoms with E-state index in [1.165, 1.54) is 13.0 Å². The van der Waals surface area contributed by atoms with Crippen LogP contribution >= 0.6 is 37.2 Å². The predicted molar refractivity (Wildman–Crippen MR) is 45.7 cm³/mol. The second-order valence-electron chi connectivity index (χ2n) is 1.03. The van der Waals surface area contributed by atoms with Crippen LogP contribution < -0.4 is 5.73 Å². The molecule has 0 spiro atoms. The van der Waals surface area contributed by atoms with E-state index in [1.54, 1.807) is 0 Å². The fourth-order valence-electron chi connectivity index (χ4n) is 0.162. The molecule has 5 heteroatoms. The third-order valence-electron chi connectivity index (χ3n) is 0.399. The maximum atomic E-state index is 11.5. The highest BCUT2D eigenvalue weighted by Crippen LogP contribution is 1.87. The lowest BCUT2D eigenvalue weighted by Crippen LogP contribution is -1.92. The van der Waals surface area contributed by atoms with E-state index in [4.69, 9.17) is 5.73 Å². The van der Waals surface area contributed by atoms with Crippen LogP contribution in [0, 0.1) is 0 Å². The molecule has 60 valence electrons. The van der Waals surface area contributed by atoms with E-state index < -0.39 is 0 Å². The summed E-state index contributed by atoms with van der Waals surface area (Å²) in [6.07, 6.45) is 1.32. The summed E-state index contributed by atoms with van der Waals surface area (Å²) in [4.78, 5) is 0. The van der Waals surface area contributed by atoms with Gasteiger partial charge in [0.05, 0.1) is 5.83 Å². The molecule has 2 N–H and O–H groups in total. The number of rotatable bonds is 1. The van der Waals surface area contributed by atoms with Gasteiger partial charge in [-0.3, -0.25) is 0 Å². The van der Waals surface area contributed by atoms with Crippen molar-refractivity contribution in [3.05, 3.63) is 11.9 Å². The molecule has 0 aliphatic carbocycles. The highest BCUT2D eigenvalue weighted by Gasteiger charge is 1.72. The number of allylic oxidation sites excluding steroid dienone is 1. The Labute approximate surface area is 73.1 Å². The fraction of sp³-hybridized carbons (Fsp3) is 0.500. The first-order valence-electron chi connectivity index (χ1n) is 1.79. The summed E-state index contributed by atoms with van der Waals surface area (Å²) in [6, 6.07) is 0. The minimum atomic E-state index is -0.211. The van der Waals surface area contributed by atoms with Crippen LogP contribution in [0.4, 0.5) is 4.39 Å². The van der Waals surface area contributed by atoms with Gasteiger partial charge in [-0.2, -0.15) is 0 Å². The largest absolute Gasteiger partial charge is 0.327 e. The summed E-state index contributed by atoms with van der Waals surface area (Å²) in [7, 11) is 0. The Morgan fingerprint density at radius 3 is 1.78 bits per heavy atom. The van der Waals surface area contributed by atoms with E-state index >= 15 is 0 Å². The van der Waals surface area contributed by atoms with Crippen LogP contribution in [-0.4, -0.2) is 6.54 Å². The summed E-state index contributed by atoms with van der Waals surface area (Å²) in [6.45, 7) is 1.66. The molecular weight excluding hydrogens is 187 g/mol. The second kappa shape index (κ2) is 15.8. The molecule has 0 saturated carbocycles. The van der Waals surface area contributed by atoms with Crippen LogP contribution in [-0.2, 0) is 0 Å². The van der Waals surface area contributed by atoms with Crippen molar-refractivity contribution >= 4 is 37.2 Å². The monoisotopic (exact) mass is 197 g/mol. The molecule has 0 fully saturated rings. The van der Waals surface area contributed by atoms with Gasteiger partial charge in [-0.25, -0.2) is 4.39 Å². The molecule has 0 aliphatic heterocycles. The van der Waals surface area contributed by atoms with Crippen LogP contribution in [0.2, 0.25) is 0 Å². The lowest BCUT2D eigenvalue weighted by molar-refractivity contribution is 0.636. The van der Waals surface area contributed by atoms with Crippen molar-refractivity contribution in [2.24, 2.45) is 5.73 Å². The number of nitrogens with two attached hydrogens (primary N) is 1. The molecule has 0 rings (SSSR count). The van der Waals surface area contributed by atoms with Gasteiger partial charge in [-0.05, 0) is 13.0 Å². The quantitative estimate of drug-likeness (QED) is 0.686. The van der Waals surface area contributed by atoms with Crippen LogP contribution in [0.25, 0.3) is 0 Å². The average molecular weight is 198 g/mol. The van der Waals surface area contributed by atoms with E-state index in [0.717, 1.165) is 0 Å². The van der Waals surface area contributed by atoms with Crippen LogP contribution in [0.1, 0.15) is 6.92 Å². The van der Waals surface area contributed by atoms with Crippen LogP contribution in [0.5, 0.6) is 0 Å². The van der Waals surface area contributed by atoms with Gasteiger partial charge in [-0.1, -0.05) is 0 Å². The molecule has 9 heavy (non-hydrogen) atoms. The minimum Gasteiger partial charge on any atom is -0.327 e. The molecule has 0 amide bonds. The molecule has 0 bridgehead atoms. The topological polar surface area (TPSA) is 26.0 Å². The first kappa shape index (κ1) is 22.7. The van der Waals surface area contributed by atoms with Gasteiger partial charge in [0, 0.05) is 6.54 Å². The summed E-state index contributed by atoms with van der Waals surface area (Å²) in [5.41, 5.74) is 4.91. The van der Waals surface area contributed by atoms with Crippen molar-refractivity contribution in [1.82, 2.24) is 0 Å². The van der Waals surface area contributed by atoms with Crippen LogP contribution in [0.3, 0.4) is 0 Å². The van der Waals surface area contributed by atoms with Gasteiger partial charge in [0.25, 0.3) is 0 Å². The number of halogens is 4. The Morgan fingerprint density at radius 1 is 1.44 bits per heavy atom. The zero-order valence-electron chi connectivity index (χ0n) is 4.96. The van der Waals surface area contributed by atoms with Crippen molar-refractivity contribution in [2.45, 2.75) is 6.92 Å². The van der Waals surface area contributed by atoms with Gasteiger partial charge in [0.2, 0.25) is 0 Å². The van der Waals surface area contributed by atoms with Gasteiger partial charge >= 0.3 is 0 Å². The molecule has 0 heterocycles. The SMILES string of the molecule is C/C(F)=C/CN.Cl.Cl.Cl. The van der Waals surface area contributed by atoms with E-state index in [1.807, 2.05) is 0 Å². The lowest BCUT2D eigenvalue weighted by atomic mass is 10.5. The molecule has 0 aromatic heterocycles. The Balaban J connectivity index is -0.0000000417. The molecular formula is C4H11Cl3FN. The van der Waals surface area contributed by atoms with Gasteiger partial charge in [0.15, 0.2) is 0 Å². The van der Waals surface area contributed by atoms with Gasteiger partial charge < -0.3 is 5.73 Å². The molecule has 0 aliphatic rings. The molecule has 0 aromatic rings. The predicted octanol–water partition coefficient (Wildman–Crippen LogP) is 2.08. The number of hydrogen-bond donors (Lipinski definition) is 1. The van der Waals surface area contributed by atoms with E-state index in [9.17, 15) is 4.39 Å². The molecule has 0 atom stereocenters. The van der Waals surface area contributed by atoms with Gasteiger partial charge in [-0.15, -0.1) is 37.2 Å². The lowest BCUT2D eigenvalue weighted by Gasteiger charge is -1.76. The summed E-state index contributed by atoms with van der Waals surface area (Å²) < 4.78 is 11.5. The van der Waals surface area contributed by atoms with Crippen molar-refractivity contribution in [3.8, 4) is 0 Å². The zero-order valence-corrected chi connectivity index (χ0v) is 7.41. The van der Waals surface area contributed by atoms with E-state index in [-0.39, 0.29) is 43.0 Å². The average Bonchev–Trinajstić information content (AvgIpc) is 1.35. The first-order valence-corrected chi connectivity index (χ1v) is 1.79. The van der Waals surface area contributed by atoms with Crippen molar-refractivity contribution in [3.63, 3.8) is 0 Å². The summed E-state index contributed by atoms with van der Waals surface area (Å²) in [5.74, 6) is -0.211. The van der Waals surface area contributed by atoms with Gasteiger partial charge in [0.1, 0.15) is 0 Å². The van der Waals surface area contributed by atoms with Crippen molar-refractivity contribution in [2.75, 3.05) is 6.54 Å². The highest BCUT2D eigenvalue weighted by molar-refractivity contribution is 5.86. The maximum Gasteiger partial charge on any atom is 0.0941 e. The third kappa shape index (κ3) is 29.3. The fourth-order valence-corrected chi connectivity index (χ4v) is 0.162. The molecule has 1 nitrogen and oxygen atoms in total. The molecule has 0 aromatic carbocycles. The summed E-state index contributed by atoms with van der Waals surface area (Å²) >= 11 is 0. The van der Waals surface area contributed by atoms with E-state index in [0.29, 0.717) is 6.54 Å². The van der Waals surface area contributed by atoms with Crippen molar-refractivity contribution < 1.29 is 4.39 Å².